The predicted molar refractivity (Wildman–Crippen MR) is 88.4 cm³/mol. The van der Waals surface area contributed by atoms with Crippen molar-refractivity contribution in [2.75, 3.05) is 5.32 Å². The largest absolute Gasteiger partial charge is 0.347 e. The molecule has 1 amide bonds. The lowest BCUT2D eigenvalue weighted by Gasteiger charge is -2.07. The minimum Gasteiger partial charge on any atom is -0.347 e. The van der Waals surface area contributed by atoms with Gasteiger partial charge in [0.25, 0.3) is 11.5 Å². The van der Waals surface area contributed by atoms with Gasteiger partial charge in [-0.2, -0.15) is 0 Å². The molecule has 0 bridgehead atoms. The molecule has 0 atom stereocenters. The third kappa shape index (κ3) is 3.21. The number of nitrogens with one attached hydrogen (secondary N) is 2. The van der Waals surface area contributed by atoms with E-state index in [2.05, 4.69) is 15.3 Å². The summed E-state index contributed by atoms with van der Waals surface area (Å²) >= 11 is 0. The van der Waals surface area contributed by atoms with Gasteiger partial charge in [-0.1, -0.05) is 0 Å². The standard InChI is InChI=1S/C17H16N4O2/c1-11-10-15(22)20-16(18-11)12-5-7-13(8-6-12)19-17(23)14-4-3-9-21(14)2/h3-10H,1-2H3,(H,19,23)(H,18,20,22). The van der Waals surface area contributed by atoms with Crippen LogP contribution < -0.4 is 10.9 Å². The number of aromatic nitrogens is 3. The molecule has 0 unspecified atom stereocenters. The zero-order valence-corrected chi connectivity index (χ0v) is 12.8. The second-order valence-corrected chi connectivity index (χ2v) is 5.27. The molecular weight excluding hydrogens is 292 g/mol. The van der Waals surface area contributed by atoms with E-state index in [4.69, 9.17) is 0 Å². The van der Waals surface area contributed by atoms with Gasteiger partial charge in [-0.25, -0.2) is 4.98 Å². The molecule has 6 nitrogen and oxygen atoms in total. The smallest absolute Gasteiger partial charge is 0.272 e. The van der Waals surface area contributed by atoms with E-state index in [-0.39, 0.29) is 11.5 Å². The van der Waals surface area contributed by atoms with Gasteiger partial charge in [0.05, 0.1) is 0 Å². The number of aromatic amines is 1. The Morgan fingerprint density at radius 3 is 2.57 bits per heavy atom. The summed E-state index contributed by atoms with van der Waals surface area (Å²) in [6.45, 7) is 1.77. The van der Waals surface area contributed by atoms with Crippen LogP contribution in [0.3, 0.4) is 0 Å². The molecule has 2 heterocycles. The molecule has 6 heteroatoms. The van der Waals surface area contributed by atoms with Crippen molar-refractivity contribution in [2.45, 2.75) is 6.92 Å². The van der Waals surface area contributed by atoms with Gasteiger partial charge in [0, 0.05) is 36.3 Å². The molecule has 3 rings (SSSR count). The number of rotatable bonds is 3. The van der Waals surface area contributed by atoms with Crippen molar-refractivity contribution in [2.24, 2.45) is 7.05 Å². The van der Waals surface area contributed by atoms with E-state index in [0.29, 0.717) is 22.9 Å². The molecule has 0 aliphatic heterocycles. The van der Waals surface area contributed by atoms with Crippen LogP contribution in [-0.4, -0.2) is 20.4 Å². The topological polar surface area (TPSA) is 79.8 Å². The summed E-state index contributed by atoms with van der Waals surface area (Å²) in [5.74, 6) is 0.336. The second kappa shape index (κ2) is 5.92. The van der Waals surface area contributed by atoms with Crippen molar-refractivity contribution in [3.8, 4) is 11.4 Å². The Bertz CT molecular complexity index is 907. The number of anilines is 1. The number of benzene rings is 1. The van der Waals surface area contributed by atoms with Crippen molar-refractivity contribution in [3.63, 3.8) is 0 Å². The van der Waals surface area contributed by atoms with Crippen LogP contribution in [0.1, 0.15) is 16.2 Å². The molecular formula is C17H16N4O2. The van der Waals surface area contributed by atoms with Crippen molar-refractivity contribution >= 4 is 11.6 Å². The first-order valence-corrected chi connectivity index (χ1v) is 7.14. The van der Waals surface area contributed by atoms with Crippen molar-refractivity contribution in [1.82, 2.24) is 14.5 Å². The van der Waals surface area contributed by atoms with Crippen molar-refractivity contribution < 1.29 is 4.79 Å². The SMILES string of the molecule is Cc1cc(=O)[nH]c(-c2ccc(NC(=O)c3cccn3C)cc2)n1. The van der Waals surface area contributed by atoms with Gasteiger partial charge in [0.15, 0.2) is 0 Å². The Morgan fingerprint density at radius 1 is 1.22 bits per heavy atom. The van der Waals surface area contributed by atoms with Crippen molar-refractivity contribution in [3.05, 3.63) is 70.4 Å². The van der Waals surface area contributed by atoms with Crippen molar-refractivity contribution in [1.29, 1.82) is 0 Å². The fourth-order valence-corrected chi connectivity index (χ4v) is 2.32. The third-order valence-corrected chi connectivity index (χ3v) is 3.46. The third-order valence-electron chi connectivity index (χ3n) is 3.46. The van der Waals surface area contributed by atoms with Gasteiger partial charge in [-0.15, -0.1) is 0 Å². The van der Waals surface area contributed by atoms with E-state index in [0.717, 1.165) is 5.56 Å². The molecule has 2 N–H and O–H groups in total. The lowest BCUT2D eigenvalue weighted by atomic mass is 10.2. The van der Waals surface area contributed by atoms with Crippen LogP contribution in [0.2, 0.25) is 0 Å². The molecule has 23 heavy (non-hydrogen) atoms. The highest BCUT2D eigenvalue weighted by atomic mass is 16.2. The number of carbonyl (C=O) groups excluding carboxylic acids is 1. The number of amides is 1. The van der Waals surface area contributed by atoms with Crippen LogP contribution >= 0.6 is 0 Å². The molecule has 1 aromatic carbocycles. The monoisotopic (exact) mass is 308 g/mol. The van der Waals surface area contributed by atoms with Gasteiger partial charge in [0.2, 0.25) is 0 Å². The van der Waals surface area contributed by atoms with Crippen LogP contribution in [0.5, 0.6) is 0 Å². The summed E-state index contributed by atoms with van der Waals surface area (Å²) in [6, 6.07) is 12.2. The average molecular weight is 308 g/mol. The highest BCUT2D eigenvalue weighted by Gasteiger charge is 2.09. The maximum atomic E-state index is 12.1. The summed E-state index contributed by atoms with van der Waals surface area (Å²) in [5, 5.41) is 2.83. The molecule has 2 aromatic heterocycles. The maximum absolute atomic E-state index is 12.1. The fraction of sp³-hybridized carbons (Fsp3) is 0.118. The Balaban J connectivity index is 1.81. The molecule has 3 aromatic rings. The number of hydrogen-bond donors (Lipinski definition) is 2. The zero-order valence-electron chi connectivity index (χ0n) is 12.8. The van der Waals surface area contributed by atoms with Gasteiger partial charge < -0.3 is 14.9 Å². The highest BCUT2D eigenvalue weighted by Crippen LogP contribution is 2.18. The van der Waals surface area contributed by atoms with E-state index >= 15 is 0 Å². The van der Waals surface area contributed by atoms with Gasteiger partial charge in [-0.05, 0) is 43.3 Å². The number of hydrogen-bond acceptors (Lipinski definition) is 3. The predicted octanol–water partition coefficient (Wildman–Crippen LogP) is 2.34. The number of nitrogens with zero attached hydrogens (tertiary/aromatic N) is 2. The molecule has 0 saturated heterocycles. The molecule has 116 valence electrons. The van der Waals surface area contributed by atoms with Crippen LogP contribution in [0.4, 0.5) is 5.69 Å². The Hall–Kier alpha value is -3.15. The molecule has 0 radical (unpaired) electrons. The Kier molecular flexibility index (Phi) is 3.80. The summed E-state index contributed by atoms with van der Waals surface area (Å²) < 4.78 is 1.76. The van der Waals surface area contributed by atoms with Crippen LogP contribution in [0, 0.1) is 6.92 Å². The summed E-state index contributed by atoms with van der Waals surface area (Å²) in [5.41, 5.74) is 2.51. The van der Waals surface area contributed by atoms with Gasteiger partial charge in [-0.3, -0.25) is 9.59 Å². The summed E-state index contributed by atoms with van der Waals surface area (Å²) in [4.78, 5) is 30.7. The highest BCUT2D eigenvalue weighted by molar-refractivity contribution is 6.03. The molecule has 0 spiro atoms. The lowest BCUT2D eigenvalue weighted by molar-refractivity contribution is 0.101. The van der Waals surface area contributed by atoms with Crippen LogP contribution in [-0.2, 0) is 7.05 Å². The van der Waals surface area contributed by atoms with Gasteiger partial charge >= 0.3 is 0 Å². The summed E-state index contributed by atoms with van der Waals surface area (Å²) in [7, 11) is 1.82. The number of aryl methyl sites for hydroxylation is 2. The number of H-pyrrole nitrogens is 1. The normalized spacial score (nSPS) is 10.5. The number of carbonyl (C=O) groups is 1. The minimum absolute atomic E-state index is 0.174. The van der Waals surface area contributed by atoms with E-state index < -0.39 is 0 Å². The van der Waals surface area contributed by atoms with Crippen LogP contribution in [0.25, 0.3) is 11.4 Å². The first kappa shape index (κ1) is 14.8. The fourth-order valence-electron chi connectivity index (χ4n) is 2.32. The molecule has 0 aliphatic rings. The quantitative estimate of drug-likeness (QED) is 0.779. The van der Waals surface area contributed by atoms with E-state index in [1.165, 1.54) is 6.07 Å². The molecule has 0 saturated carbocycles. The van der Waals surface area contributed by atoms with E-state index in [1.54, 1.807) is 41.8 Å². The molecule has 0 aliphatic carbocycles. The summed E-state index contributed by atoms with van der Waals surface area (Å²) in [6.07, 6.45) is 1.82. The van der Waals surface area contributed by atoms with E-state index in [9.17, 15) is 9.59 Å². The first-order chi connectivity index (χ1) is 11.0. The zero-order chi connectivity index (χ0) is 16.4. The lowest BCUT2D eigenvalue weighted by Crippen LogP contribution is -2.15. The molecule has 0 fully saturated rings. The second-order valence-electron chi connectivity index (χ2n) is 5.27. The first-order valence-electron chi connectivity index (χ1n) is 7.14. The average Bonchev–Trinajstić information content (AvgIpc) is 2.93. The van der Waals surface area contributed by atoms with E-state index in [1.807, 2.05) is 19.3 Å². The minimum atomic E-state index is -0.186. The Morgan fingerprint density at radius 2 is 1.96 bits per heavy atom. The maximum Gasteiger partial charge on any atom is 0.272 e. The van der Waals surface area contributed by atoms with Crippen LogP contribution in [0.15, 0.2) is 53.5 Å². The Labute approximate surface area is 132 Å². The van der Waals surface area contributed by atoms with Gasteiger partial charge in [0.1, 0.15) is 11.5 Å².